The predicted octanol–water partition coefficient (Wildman–Crippen LogP) is 5.13. The van der Waals surface area contributed by atoms with Crippen LogP contribution in [0, 0.1) is 12.3 Å². The lowest BCUT2D eigenvalue weighted by molar-refractivity contribution is 0.00148. The van der Waals surface area contributed by atoms with E-state index in [1.165, 1.54) is 5.56 Å². The maximum absolute atomic E-state index is 8.17. The summed E-state index contributed by atoms with van der Waals surface area (Å²) < 4.78 is 5.86. The molecule has 0 aliphatic rings. The zero-order chi connectivity index (χ0) is 15.0. The van der Waals surface area contributed by atoms with E-state index in [0.717, 1.165) is 43.4 Å². The fourth-order valence-corrected chi connectivity index (χ4v) is 2.34. The third kappa shape index (κ3) is 5.87. The molecule has 0 saturated carbocycles. The van der Waals surface area contributed by atoms with Crippen molar-refractivity contribution in [1.82, 2.24) is 0 Å². The molecule has 1 aromatic rings. The lowest BCUT2D eigenvalue weighted by Crippen LogP contribution is -2.16. The van der Waals surface area contributed by atoms with Crippen LogP contribution in [0.15, 0.2) is 24.3 Å². The Morgan fingerprint density at radius 2 is 1.85 bits per heavy atom. The van der Waals surface area contributed by atoms with Crippen molar-refractivity contribution in [2.45, 2.75) is 72.0 Å². The van der Waals surface area contributed by atoms with E-state index in [4.69, 9.17) is 10.1 Å². The molecule has 112 valence electrons. The zero-order valence-electron chi connectivity index (χ0n) is 13.4. The molecule has 0 aromatic heterocycles. The van der Waals surface area contributed by atoms with Gasteiger partial charge >= 0.3 is 0 Å². The van der Waals surface area contributed by atoms with Gasteiger partial charge in [0, 0.05) is 5.71 Å². The molecule has 0 unspecified atom stereocenters. The van der Waals surface area contributed by atoms with Crippen molar-refractivity contribution < 1.29 is 4.74 Å². The molecule has 0 bridgehead atoms. The summed E-state index contributed by atoms with van der Waals surface area (Å²) >= 11 is 0. The first-order valence-electron chi connectivity index (χ1n) is 7.83. The molecule has 0 fully saturated rings. The van der Waals surface area contributed by atoms with Gasteiger partial charge in [-0.2, -0.15) is 0 Å². The van der Waals surface area contributed by atoms with Gasteiger partial charge in [-0.3, -0.25) is 0 Å². The average molecular weight is 275 g/mol. The molecule has 1 N–H and O–H groups in total. The van der Waals surface area contributed by atoms with E-state index in [-0.39, 0.29) is 0 Å². The van der Waals surface area contributed by atoms with Gasteiger partial charge < -0.3 is 10.1 Å². The number of ether oxygens (including phenoxy) is 1. The molecule has 0 spiro atoms. The lowest BCUT2D eigenvalue weighted by atomic mass is 9.99. The van der Waals surface area contributed by atoms with E-state index >= 15 is 0 Å². The van der Waals surface area contributed by atoms with Crippen LogP contribution in [-0.2, 0) is 4.74 Å². The maximum Gasteiger partial charge on any atom is 0.0550 e. The van der Waals surface area contributed by atoms with Gasteiger partial charge in [0.05, 0.1) is 12.2 Å². The number of benzene rings is 1. The second kappa shape index (κ2) is 8.91. The van der Waals surface area contributed by atoms with Gasteiger partial charge in [-0.15, -0.1) is 0 Å². The van der Waals surface area contributed by atoms with Gasteiger partial charge in [0.15, 0.2) is 0 Å². The van der Waals surface area contributed by atoms with Gasteiger partial charge in [0.1, 0.15) is 0 Å². The molecule has 0 heterocycles. The summed E-state index contributed by atoms with van der Waals surface area (Å²) in [5, 5.41) is 8.17. The fourth-order valence-electron chi connectivity index (χ4n) is 2.34. The third-order valence-electron chi connectivity index (χ3n) is 3.80. The minimum absolute atomic E-state index is 0.331. The van der Waals surface area contributed by atoms with Crippen molar-refractivity contribution in [3.63, 3.8) is 0 Å². The standard InChI is InChI=1S/C18H29NO/c1-5-15(3)20-16(4)11-7-9-13-18(19)17-12-8-6-10-14(17)2/h6,8,10,12,15-16,19H,5,7,9,11,13H2,1-4H3/t15-,16+/m1/s1. The van der Waals surface area contributed by atoms with Gasteiger partial charge in [-0.05, 0) is 57.6 Å². The Morgan fingerprint density at radius 1 is 1.15 bits per heavy atom. The smallest absolute Gasteiger partial charge is 0.0550 e. The monoisotopic (exact) mass is 275 g/mol. The number of aryl methyl sites for hydroxylation is 1. The van der Waals surface area contributed by atoms with Crippen molar-refractivity contribution in [1.29, 1.82) is 5.41 Å². The van der Waals surface area contributed by atoms with Gasteiger partial charge in [0.25, 0.3) is 0 Å². The van der Waals surface area contributed by atoms with Crippen molar-refractivity contribution in [2.75, 3.05) is 0 Å². The van der Waals surface area contributed by atoms with E-state index in [1.807, 2.05) is 18.2 Å². The summed E-state index contributed by atoms with van der Waals surface area (Å²) in [6.07, 6.45) is 5.91. The van der Waals surface area contributed by atoms with Crippen molar-refractivity contribution in [3.8, 4) is 0 Å². The molecule has 0 aliphatic carbocycles. The first-order valence-corrected chi connectivity index (χ1v) is 7.83. The highest BCUT2D eigenvalue weighted by Gasteiger charge is 2.08. The molecule has 1 rings (SSSR count). The summed E-state index contributed by atoms with van der Waals surface area (Å²) in [6, 6.07) is 8.16. The number of hydrogen-bond acceptors (Lipinski definition) is 2. The normalized spacial score (nSPS) is 14.0. The van der Waals surface area contributed by atoms with E-state index in [2.05, 4.69) is 33.8 Å². The second-order valence-corrected chi connectivity index (χ2v) is 5.70. The molecule has 20 heavy (non-hydrogen) atoms. The molecular weight excluding hydrogens is 246 g/mol. The first-order chi connectivity index (χ1) is 9.54. The van der Waals surface area contributed by atoms with E-state index in [9.17, 15) is 0 Å². The molecule has 0 aliphatic heterocycles. The molecule has 2 heteroatoms. The van der Waals surface area contributed by atoms with Crippen molar-refractivity contribution in [2.24, 2.45) is 0 Å². The van der Waals surface area contributed by atoms with Crippen LogP contribution < -0.4 is 0 Å². The quantitative estimate of drug-likeness (QED) is 0.492. The minimum Gasteiger partial charge on any atom is -0.376 e. The summed E-state index contributed by atoms with van der Waals surface area (Å²) in [4.78, 5) is 0. The van der Waals surface area contributed by atoms with Crippen LogP contribution in [0.5, 0.6) is 0 Å². The molecule has 0 radical (unpaired) electrons. The number of nitrogens with one attached hydrogen (secondary N) is 1. The topological polar surface area (TPSA) is 33.1 Å². The van der Waals surface area contributed by atoms with E-state index < -0.39 is 0 Å². The average Bonchev–Trinajstić information content (AvgIpc) is 2.43. The summed E-state index contributed by atoms with van der Waals surface area (Å²) in [6.45, 7) is 8.51. The van der Waals surface area contributed by atoms with Crippen LogP contribution in [0.3, 0.4) is 0 Å². The van der Waals surface area contributed by atoms with Crippen LogP contribution in [0.4, 0.5) is 0 Å². The summed E-state index contributed by atoms with van der Waals surface area (Å²) in [5.74, 6) is 0. The van der Waals surface area contributed by atoms with Crippen LogP contribution in [-0.4, -0.2) is 17.9 Å². The van der Waals surface area contributed by atoms with Gasteiger partial charge in [-0.25, -0.2) is 0 Å². The second-order valence-electron chi connectivity index (χ2n) is 5.70. The maximum atomic E-state index is 8.17. The Balaban J connectivity index is 2.24. The SMILES string of the molecule is CC[C@@H](C)O[C@@H](C)CCCCC(=N)c1ccccc1C. The summed E-state index contributed by atoms with van der Waals surface area (Å²) in [7, 11) is 0. The minimum atomic E-state index is 0.331. The highest BCUT2D eigenvalue weighted by molar-refractivity contribution is 5.99. The van der Waals surface area contributed by atoms with Crippen LogP contribution in [0.25, 0.3) is 0 Å². The lowest BCUT2D eigenvalue weighted by Gasteiger charge is -2.17. The molecule has 2 nitrogen and oxygen atoms in total. The zero-order valence-corrected chi connectivity index (χ0v) is 13.4. The first kappa shape index (κ1) is 16.9. The highest BCUT2D eigenvalue weighted by atomic mass is 16.5. The molecule has 1 aromatic carbocycles. The molecule has 2 atom stereocenters. The Labute approximate surface area is 124 Å². The van der Waals surface area contributed by atoms with Gasteiger partial charge in [0.2, 0.25) is 0 Å². The van der Waals surface area contributed by atoms with Gasteiger partial charge in [-0.1, -0.05) is 37.6 Å². The molecule has 0 amide bonds. The van der Waals surface area contributed by atoms with Crippen molar-refractivity contribution in [3.05, 3.63) is 35.4 Å². The highest BCUT2D eigenvalue weighted by Crippen LogP contribution is 2.14. The van der Waals surface area contributed by atoms with Crippen LogP contribution >= 0.6 is 0 Å². The Bertz CT molecular complexity index is 414. The van der Waals surface area contributed by atoms with Crippen LogP contribution in [0.2, 0.25) is 0 Å². The van der Waals surface area contributed by atoms with Crippen LogP contribution in [0.1, 0.15) is 64.0 Å². The number of rotatable bonds is 9. The Morgan fingerprint density at radius 3 is 2.50 bits per heavy atom. The third-order valence-corrected chi connectivity index (χ3v) is 3.80. The Hall–Kier alpha value is -1.15. The molecular formula is C18H29NO. The predicted molar refractivity (Wildman–Crippen MR) is 86.8 cm³/mol. The Kier molecular flexibility index (Phi) is 7.53. The fraction of sp³-hybridized carbons (Fsp3) is 0.611. The summed E-state index contributed by atoms with van der Waals surface area (Å²) in [5.41, 5.74) is 3.06. The van der Waals surface area contributed by atoms with E-state index in [0.29, 0.717) is 12.2 Å². The van der Waals surface area contributed by atoms with E-state index in [1.54, 1.807) is 0 Å². The largest absolute Gasteiger partial charge is 0.376 e. The van der Waals surface area contributed by atoms with Crippen molar-refractivity contribution >= 4 is 5.71 Å². The number of hydrogen-bond donors (Lipinski definition) is 1. The molecule has 0 saturated heterocycles. The number of unbranched alkanes of at least 4 members (excludes halogenated alkanes) is 1.